The van der Waals surface area contributed by atoms with Crippen molar-refractivity contribution in [2.45, 2.75) is 151 Å². The Hall–Kier alpha value is -2.88. The minimum Gasteiger partial charge on any atom is -0.460 e. The van der Waals surface area contributed by atoms with Gasteiger partial charge in [0.25, 0.3) is 3.79 Å². The second-order valence-electron chi connectivity index (χ2n) is 15.1. The Morgan fingerprint density at radius 3 is 1.91 bits per heavy atom. The maximum absolute atomic E-state index is 12.4. The Labute approximate surface area is 354 Å². The molecule has 316 valence electrons. The number of nitrogens with one attached hydrogen (secondary N) is 1. The number of esters is 1. The minimum atomic E-state index is -2.06. The summed E-state index contributed by atoms with van der Waals surface area (Å²) in [6.45, 7) is 7.64. The second kappa shape index (κ2) is 20.6. The minimum absolute atomic E-state index is 0.0380. The van der Waals surface area contributed by atoms with Crippen LogP contribution in [0.1, 0.15) is 77.3 Å². The predicted octanol–water partition coefficient (Wildman–Crippen LogP) is 8.52. The van der Waals surface area contributed by atoms with Crippen molar-refractivity contribution in [3.05, 3.63) is 83.9 Å². The second-order valence-corrected chi connectivity index (χ2v) is 17.4. The Morgan fingerprint density at radius 2 is 1.26 bits per heavy atom. The third kappa shape index (κ3) is 12.6. The molecule has 0 spiro atoms. The van der Waals surface area contributed by atoms with Gasteiger partial charge < -0.3 is 47.4 Å². The number of ether oxygens (including phenoxy) is 9. The van der Waals surface area contributed by atoms with Crippen LogP contribution >= 0.6 is 34.8 Å². The molecule has 58 heavy (non-hydrogen) atoms. The van der Waals surface area contributed by atoms with E-state index in [4.69, 9.17) is 82.8 Å². The quantitative estimate of drug-likeness (QED) is 0.0681. The lowest BCUT2D eigenvalue weighted by Gasteiger charge is -2.46. The number of rotatable bonds is 15. The van der Waals surface area contributed by atoms with E-state index in [0.29, 0.717) is 32.5 Å². The van der Waals surface area contributed by atoms with Crippen molar-refractivity contribution in [2.75, 3.05) is 0 Å². The molecular formula is C43H52Cl3NO11. The summed E-state index contributed by atoms with van der Waals surface area (Å²) in [5.74, 6) is -1.05. The number of carbonyl (C=O) groups is 2. The fourth-order valence-electron chi connectivity index (χ4n) is 7.43. The van der Waals surface area contributed by atoms with Gasteiger partial charge in [0.2, 0.25) is 12.2 Å². The number of halogens is 3. The highest BCUT2D eigenvalue weighted by Crippen LogP contribution is 2.36. The topological polar surface area (TPSA) is 141 Å². The van der Waals surface area contributed by atoms with E-state index in [1.54, 1.807) is 0 Å². The number of alkyl halides is 3. The molecule has 0 aliphatic carbocycles. The van der Waals surface area contributed by atoms with Crippen LogP contribution in [0.15, 0.2) is 72.8 Å². The van der Waals surface area contributed by atoms with Gasteiger partial charge >= 0.3 is 5.97 Å². The molecule has 0 amide bonds. The molecule has 11 atom stereocenters. The van der Waals surface area contributed by atoms with Crippen LogP contribution in [0, 0.1) is 5.41 Å². The van der Waals surface area contributed by atoms with Crippen LogP contribution in [0.5, 0.6) is 0 Å². The number of benzene rings is 3. The molecule has 6 rings (SSSR count). The first kappa shape index (κ1) is 44.7. The van der Waals surface area contributed by atoms with Crippen molar-refractivity contribution in [2.24, 2.45) is 0 Å². The van der Waals surface area contributed by atoms with Gasteiger partial charge in [-0.15, -0.1) is 0 Å². The van der Waals surface area contributed by atoms with Crippen LogP contribution in [0.4, 0.5) is 0 Å². The van der Waals surface area contributed by atoms with E-state index in [0.717, 1.165) is 21.9 Å². The highest BCUT2D eigenvalue weighted by Gasteiger charge is 2.46. The summed E-state index contributed by atoms with van der Waals surface area (Å²) in [5.41, 5.74) is 1.97. The number of fused-ring (bicyclic) bond motifs is 1. The van der Waals surface area contributed by atoms with Crippen molar-refractivity contribution < 1.29 is 52.2 Å². The van der Waals surface area contributed by atoms with E-state index in [2.05, 4.69) is 30.3 Å². The Morgan fingerprint density at radius 1 is 0.672 bits per heavy atom. The van der Waals surface area contributed by atoms with Crippen LogP contribution in [0.2, 0.25) is 0 Å². The lowest BCUT2D eigenvalue weighted by molar-refractivity contribution is -0.333. The van der Waals surface area contributed by atoms with E-state index < -0.39 is 83.4 Å². The van der Waals surface area contributed by atoms with Gasteiger partial charge in [0.15, 0.2) is 12.6 Å². The Balaban J connectivity index is 1.15. The summed E-state index contributed by atoms with van der Waals surface area (Å²) in [4.78, 5) is 23.7. The molecule has 3 heterocycles. The molecule has 12 nitrogen and oxygen atoms in total. The molecule has 3 aromatic rings. The van der Waals surface area contributed by atoms with Gasteiger partial charge in [0.1, 0.15) is 24.1 Å². The van der Waals surface area contributed by atoms with Crippen LogP contribution in [0.3, 0.4) is 0 Å². The van der Waals surface area contributed by atoms with Crippen LogP contribution < -0.4 is 0 Å². The molecular weight excluding hydrogens is 813 g/mol. The van der Waals surface area contributed by atoms with Crippen molar-refractivity contribution in [3.8, 4) is 0 Å². The van der Waals surface area contributed by atoms with Gasteiger partial charge in [0.05, 0.1) is 50.2 Å². The highest BCUT2D eigenvalue weighted by molar-refractivity contribution is 6.76. The van der Waals surface area contributed by atoms with Crippen LogP contribution in [-0.2, 0) is 65.4 Å². The third-order valence-electron chi connectivity index (χ3n) is 10.5. The maximum atomic E-state index is 12.4. The van der Waals surface area contributed by atoms with Crippen molar-refractivity contribution in [1.29, 1.82) is 5.41 Å². The average molecular weight is 865 g/mol. The smallest absolute Gasteiger partial charge is 0.306 e. The molecule has 0 radical (unpaired) electrons. The molecule has 0 saturated carbocycles. The summed E-state index contributed by atoms with van der Waals surface area (Å²) in [7, 11) is 0. The molecule has 1 unspecified atom stereocenters. The fraction of sp³-hybridized carbons (Fsp3) is 0.558. The molecule has 3 aliphatic rings. The molecule has 3 aromatic carbocycles. The first-order valence-corrected chi connectivity index (χ1v) is 20.9. The summed E-state index contributed by atoms with van der Waals surface area (Å²) in [6.07, 6.45) is -4.72. The van der Waals surface area contributed by atoms with Gasteiger partial charge in [-0.05, 0) is 62.1 Å². The molecule has 0 bridgehead atoms. The number of carbonyl (C=O) groups excluding carboxylic acids is 2. The number of Topliss-reactive ketones (excluding diaryl/α,β-unsaturated/α-hetero) is 1. The SMILES string of the molecule is CC(=O)CCC(=O)O[C@H]1CC[C@H](O[C@@H]2[C@@H](C)O[C@@H](O[C@@H]3[C@@H](C)OC(OC(=N)C(Cl)(Cl)Cl)C[C@H]3OCc3ccccc3)C[C@H]2OCc2ccc3ccccc3c2)O[C@H]1C. The summed E-state index contributed by atoms with van der Waals surface area (Å²) in [5, 5.41) is 10.4. The molecule has 15 heteroatoms. The zero-order valence-corrected chi connectivity index (χ0v) is 35.3. The molecule has 3 saturated heterocycles. The largest absolute Gasteiger partial charge is 0.460 e. The number of hydrogen-bond donors (Lipinski definition) is 1. The normalized spacial score (nSPS) is 30.4. The molecule has 0 aromatic heterocycles. The predicted molar refractivity (Wildman–Crippen MR) is 218 cm³/mol. The van der Waals surface area contributed by atoms with Crippen molar-refractivity contribution in [3.63, 3.8) is 0 Å². The maximum Gasteiger partial charge on any atom is 0.306 e. The van der Waals surface area contributed by atoms with E-state index in [9.17, 15) is 9.59 Å². The summed E-state index contributed by atoms with van der Waals surface area (Å²) >= 11 is 17.7. The average Bonchev–Trinajstić information content (AvgIpc) is 3.18. The first-order valence-electron chi connectivity index (χ1n) is 19.7. The van der Waals surface area contributed by atoms with Gasteiger partial charge in [0, 0.05) is 25.7 Å². The van der Waals surface area contributed by atoms with Crippen molar-refractivity contribution in [1.82, 2.24) is 0 Å². The molecule has 3 aliphatic heterocycles. The lowest BCUT2D eigenvalue weighted by Crippen LogP contribution is -2.56. The first-order chi connectivity index (χ1) is 27.7. The van der Waals surface area contributed by atoms with Crippen LogP contribution in [0.25, 0.3) is 10.8 Å². The fourth-order valence-corrected chi connectivity index (χ4v) is 7.57. The molecule has 3 fully saturated rings. The van der Waals surface area contributed by atoms with Gasteiger partial charge in [-0.2, -0.15) is 0 Å². The van der Waals surface area contributed by atoms with E-state index in [-0.39, 0.29) is 25.0 Å². The van der Waals surface area contributed by atoms with Crippen molar-refractivity contribution >= 4 is 63.2 Å². The van der Waals surface area contributed by atoms with E-state index in [1.165, 1.54) is 6.92 Å². The van der Waals surface area contributed by atoms with Gasteiger partial charge in [-0.3, -0.25) is 10.2 Å². The summed E-state index contributed by atoms with van der Waals surface area (Å²) < 4.78 is 54.6. The highest BCUT2D eigenvalue weighted by atomic mass is 35.6. The standard InChI is InChI=1S/C43H52Cl3NO11/c1-25(48)14-18-36(49)55-33-17-19-37(52-26(33)2)56-40-27(3)53-38(21-34(40)51-24-30-15-16-31-12-8-9-13-32(31)20-30)57-41-28(4)54-39(58-42(47)43(44,45)46)22-35(41)50-23-29-10-6-5-7-11-29/h5-13,15-16,20,26-28,33-35,37-41,47H,14,17-19,21-24H2,1-4H3/t26-,27+,28+,33-,34+,35+,37-,38-,39?,40+,41+/m0/s1. The zero-order chi connectivity index (χ0) is 41.4. The Bertz CT molecular complexity index is 1830. The van der Waals surface area contributed by atoms with Gasteiger partial charge in [-0.25, -0.2) is 0 Å². The van der Waals surface area contributed by atoms with Crippen LogP contribution in [-0.4, -0.2) is 89.1 Å². The zero-order valence-electron chi connectivity index (χ0n) is 33.1. The van der Waals surface area contributed by atoms with Gasteiger partial charge in [-0.1, -0.05) is 102 Å². The molecule has 1 N–H and O–H groups in total. The number of ketones is 1. The Kier molecular flexibility index (Phi) is 15.9. The number of hydrogen-bond acceptors (Lipinski definition) is 12. The third-order valence-corrected chi connectivity index (χ3v) is 11.0. The van der Waals surface area contributed by atoms with E-state index in [1.807, 2.05) is 63.2 Å². The lowest BCUT2D eigenvalue weighted by atomic mass is 9.99. The summed E-state index contributed by atoms with van der Waals surface area (Å²) in [6, 6.07) is 24.1. The van der Waals surface area contributed by atoms with E-state index >= 15 is 0 Å². The monoisotopic (exact) mass is 863 g/mol.